The van der Waals surface area contributed by atoms with Gasteiger partial charge in [-0.1, -0.05) is 6.07 Å². The number of carbonyl (C=O) groups excluding carboxylic acids is 2. The Morgan fingerprint density at radius 2 is 1.96 bits per heavy atom. The summed E-state index contributed by atoms with van der Waals surface area (Å²) in [5, 5.41) is 2.57. The Morgan fingerprint density at radius 3 is 2.57 bits per heavy atom. The zero-order valence-electron chi connectivity index (χ0n) is 16.3. The molecular formula is C18H26N2O7S. The molecule has 1 saturated heterocycles. The van der Waals surface area contributed by atoms with Gasteiger partial charge >= 0.3 is 5.97 Å². The van der Waals surface area contributed by atoms with Gasteiger partial charge in [-0.15, -0.1) is 0 Å². The number of rotatable bonds is 8. The minimum Gasteiger partial charge on any atom is -0.495 e. The fourth-order valence-electron chi connectivity index (χ4n) is 2.74. The highest BCUT2D eigenvalue weighted by atomic mass is 32.2. The number of likely N-dealkylation sites (N-methyl/N-ethyl adjacent to an activating group) is 1. The van der Waals surface area contributed by atoms with Gasteiger partial charge in [0.2, 0.25) is 10.0 Å². The maximum Gasteiger partial charge on any atom is 0.311 e. The second-order valence-electron chi connectivity index (χ2n) is 6.21. The van der Waals surface area contributed by atoms with E-state index in [4.69, 9.17) is 14.2 Å². The van der Waals surface area contributed by atoms with Crippen LogP contribution in [0, 0.1) is 0 Å². The number of nitrogens with one attached hydrogen (secondary N) is 1. The SMILES string of the molecule is CCNC(=O)[C@@H](C)OC(=O)Cc1ccc(OC)c(S(=O)(=O)N2CCOCC2)c1. The molecule has 0 radical (unpaired) electrons. The van der Waals surface area contributed by atoms with Crippen molar-refractivity contribution in [3.05, 3.63) is 23.8 Å². The van der Waals surface area contributed by atoms with Crippen LogP contribution in [-0.4, -0.2) is 70.7 Å². The molecule has 28 heavy (non-hydrogen) atoms. The van der Waals surface area contributed by atoms with E-state index in [1.807, 2.05) is 0 Å². The summed E-state index contributed by atoms with van der Waals surface area (Å²) in [5.74, 6) is -0.820. The first kappa shape index (κ1) is 22.1. The summed E-state index contributed by atoms with van der Waals surface area (Å²) in [7, 11) is -2.41. The van der Waals surface area contributed by atoms with Crippen molar-refractivity contribution in [1.29, 1.82) is 0 Å². The molecule has 0 aliphatic carbocycles. The predicted octanol–water partition coefficient (Wildman–Crippen LogP) is 0.326. The molecule has 1 heterocycles. The fourth-order valence-corrected chi connectivity index (χ4v) is 4.35. The van der Waals surface area contributed by atoms with Crippen LogP contribution < -0.4 is 10.1 Å². The second-order valence-corrected chi connectivity index (χ2v) is 8.11. The molecule has 1 fully saturated rings. The molecule has 156 valence electrons. The topological polar surface area (TPSA) is 111 Å². The van der Waals surface area contributed by atoms with Gasteiger partial charge in [0.15, 0.2) is 6.10 Å². The number of benzene rings is 1. The smallest absolute Gasteiger partial charge is 0.311 e. The molecule has 0 saturated carbocycles. The van der Waals surface area contributed by atoms with E-state index < -0.39 is 22.1 Å². The summed E-state index contributed by atoms with van der Waals surface area (Å²) in [6.07, 6.45) is -1.10. The summed E-state index contributed by atoms with van der Waals surface area (Å²) < 4.78 is 42.8. The zero-order valence-corrected chi connectivity index (χ0v) is 17.1. The van der Waals surface area contributed by atoms with Crippen LogP contribution in [0.2, 0.25) is 0 Å². The minimum atomic E-state index is -3.79. The third-order valence-electron chi connectivity index (χ3n) is 4.19. The van der Waals surface area contributed by atoms with E-state index in [-0.39, 0.29) is 36.1 Å². The van der Waals surface area contributed by atoms with Gasteiger partial charge in [-0.2, -0.15) is 4.31 Å². The molecule has 2 rings (SSSR count). The number of amides is 1. The molecule has 1 aliphatic rings. The Hall–Kier alpha value is -2.17. The number of carbonyl (C=O) groups is 2. The lowest BCUT2D eigenvalue weighted by Gasteiger charge is -2.26. The van der Waals surface area contributed by atoms with E-state index in [2.05, 4.69) is 5.32 Å². The molecule has 1 N–H and O–H groups in total. The number of sulfonamides is 1. The molecule has 1 atom stereocenters. The zero-order chi connectivity index (χ0) is 20.7. The standard InChI is InChI=1S/C18H26N2O7S/c1-4-19-18(22)13(2)27-17(21)12-14-5-6-15(25-3)16(11-14)28(23,24)20-7-9-26-10-8-20/h5-6,11,13H,4,7-10,12H2,1-3H3,(H,19,22)/t13-/m1/s1. The number of esters is 1. The summed E-state index contributed by atoms with van der Waals surface area (Å²) in [4.78, 5) is 23.8. The van der Waals surface area contributed by atoms with Crippen molar-refractivity contribution in [3.63, 3.8) is 0 Å². The van der Waals surface area contributed by atoms with Gasteiger partial charge in [-0.25, -0.2) is 8.42 Å². The molecule has 10 heteroatoms. The Labute approximate surface area is 165 Å². The molecule has 0 bridgehead atoms. The van der Waals surface area contributed by atoms with Crippen LogP contribution >= 0.6 is 0 Å². The van der Waals surface area contributed by atoms with Crippen LogP contribution in [-0.2, 0) is 35.5 Å². The van der Waals surface area contributed by atoms with Crippen LogP contribution in [0.1, 0.15) is 19.4 Å². The normalized spacial score (nSPS) is 16.2. The van der Waals surface area contributed by atoms with Gasteiger partial charge in [0.1, 0.15) is 10.6 Å². The highest BCUT2D eigenvalue weighted by Gasteiger charge is 2.29. The largest absolute Gasteiger partial charge is 0.495 e. The third kappa shape index (κ3) is 5.43. The van der Waals surface area contributed by atoms with E-state index in [0.717, 1.165) is 0 Å². The Balaban J connectivity index is 2.18. The lowest BCUT2D eigenvalue weighted by Crippen LogP contribution is -2.40. The molecule has 1 aromatic rings. The molecular weight excluding hydrogens is 388 g/mol. The number of hydrogen-bond acceptors (Lipinski definition) is 7. The first-order chi connectivity index (χ1) is 13.3. The lowest BCUT2D eigenvalue weighted by atomic mass is 10.1. The number of morpholine rings is 1. The van der Waals surface area contributed by atoms with Gasteiger partial charge in [0.05, 0.1) is 26.7 Å². The number of nitrogens with zero attached hydrogens (tertiary/aromatic N) is 1. The average Bonchev–Trinajstić information content (AvgIpc) is 2.68. The average molecular weight is 414 g/mol. The van der Waals surface area contributed by atoms with Gasteiger partial charge < -0.3 is 19.5 Å². The monoisotopic (exact) mass is 414 g/mol. The van der Waals surface area contributed by atoms with E-state index in [9.17, 15) is 18.0 Å². The maximum absolute atomic E-state index is 13.0. The molecule has 0 spiro atoms. The number of ether oxygens (including phenoxy) is 3. The van der Waals surface area contributed by atoms with Crippen LogP contribution in [0.25, 0.3) is 0 Å². The molecule has 0 unspecified atom stereocenters. The van der Waals surface area contributed by atoms with Gasteiger partial charge in [-0.3, -0.25) is 9.59 Å². The van der Waals surface area contributed by atoms with Gasteiger partial charge in [0.25, 0.3) is 5.91 Å². The van der Waals surface area contributed by atoms with Crippen molar-refractivity contribution in [2.45, 2.75) is 31.3 Å². The first-order valence-corrected chi connectivity index (χ1v) is 10.5. The van der Waals surface area contributed by atoms with Gasteiger partial charge in [-0.05, 0) is 31.5 Å². The number of methoxy groups -OCH3 is 1. The molecule has 0 aromatic heterocycles. The Kier molecular flexibility index (Phi) is 7.78. The molecule has 1 aliphatic heterocycles. The van der Waals surface area contributed by atoms with Crippen molar-refractivity contribution < 1.29 is 32.2 Å². The van der Waals surface area contributed by atoms with E-state index >= 15 is 0 Å². The fraction of sp³-hybridized carbons (Fsp3) is 0.556. The number of hydrogen-bond donors (Lipinski definition) is 1. The molecule has 1 amide bonds. The van der Waals surface area contributed by atoms with E-state index in [1.165, 1.54) is 30.5 Å². The van der Waals surface area contributed by atoms with E-state index in [1.54, 1.807) is 13.0 Å². The predicted molar refractivity (Wildman–Crippen MR) is 101 cm³/mol. The van der Waals surface area contributed by atoms with Crippen LogP contribution in [0.3, 0.4) is 0 Å². The minimum absolute atomic E-state index is 0.0148. The van der Waals surface area contributed by atoms with Crippen LogP contribution in [0.4, 0.5) is 0 Å². The summed E-state index contributed by atoms with van der Waals surface area (Å²) in [6, 6.07) is 4.50. The van der Waals surface area contributed by atoms with Gasteiger partial charge in [0, 0.05) is 19.6 Å². The van der Waals surface area contributed by atoms with Crippen LogP contribution in [0.5, 0.6) is 5.75 Å². The Bertz CT molecular complexity index is 804. The van der Waals surface area contributed by atoms with Crippen molar-refractivity contribution in [3.8, 4) is 5.75 Å². The van der Waals surface area contributed by atoms with Crippen molar-refractivity contribution in [2.24, 2.45) is 0 Å². The van der Waals surface area contributed by atoms with Crippen LogP contribution in [0.15, 0.2) is 23.1 Å². The van der Waals surface area contributed by atoms with Crippen molar-refractivity contribution in [1.82, 2.24) is 9.62 Å². The summed E-state index contributed by atoms with van der Waals surface area (Å²) in [6.45, 7) is 4.83. The van der Waals surface area contributed by atoms with Crippen molar-refractivity contribution in [2.75, 3.05) is 40.0 Å². The highest BCUT2D eigenvalue weighted by Crippen LogP contribution is 2.28. The van der Waals surface area contributed by atoms with Crippen molar-refractivity contribution >= 4 is 21.9 Å². The Morgan fingerprint density at radius 1 is 1.29 bits per heavy atom. The first-order valence-electron chi connectivity index (χ1n) is 9.01. The molecule has 9 nitrogen and oxygen atoms in total. The van der Waals surface area contributed by atoms with E-state index in [0.29, 0.717) is 25.3 Å². The summed E-state index contributed by atoms with van der Waals surface area (Å²) >= 11 is 0. The third-order valence-corrected chi connectivity index (χ3v) is 6.11. The molecule has 1 aromatic carbocycles. The summed E-state index contributed by atoms with van der Waals surface area (Å²) in [5.41, 5.74) is 0.445. The maximum atomic E-state index is 13.0. The highest BCUT2D eigenvalue weighted by molar-refractivity contribution is 7.89. The lowest BCUT2D eigenvalue weighted by molar-refractivity contribution is -0.154. The quantitative estimate of drug-likeness (QED) is 0.610. The second kappa shape index (κ2) is 9.85.